The molecule has 18 heavy (non-hydrogen) atoms. The number of rotatable bonds is 4. The Morgan fingerprint density at radius 3 is 2.61 bits per heavy atom. The molecule has 6 heteroatoms. The van der Waals surface area contributed by atoms with Crippen LogP contribution in [-0.2, 0) is 7.05 Å². The number of carbonyl (C=O) groups is 2. The van der Waals surface area contributed by atoms with Crippen molar-refractivity contribution in [2.45, 2.75) is 6.92 Å². The fourth-order valence-electron chi connectivity index (χ4n) is 1.80. The molecule has 2 heterocycles. The van der Waals surface area contributed by atoms with E-state index in [-0.39, 0.29) is 24.1 Å². The Labute approximate surface area is 112 Å². The Bertz CT molecular complexity index is 452. The maximum Gasteiger partial charge on any atom is 0.267 e. The highest BCUT2D eigenvalue weighted by molar-refractivity contribution is 5.99. The van der Waals surface area contributed by atoms with E-state index in [0.29, 0.717) is 23.7 Å². The molecule has 1 aromatic heterocycles. The Hall–Kier alpha value is -1.33. The highest BCUT2D eigenvalue weighted by Crippen LogP contribution is 2.08. The van der Waals surface area contributed by atoms with Crippen molar-refractivity contribution >= 4 is 24.1 Å². The highest BCUT2D eigenvalue weighted by atomic mass is 35.5. The Morgan fingerprint density at radius 1 is 1.50 bits per heavy atom. The van der Waals surface area contributed by atoms with Crippen LogP contribution in [0.25, 0.3) is 0 Å². The van der Waals surface area contributed by atoms with Crippen LogP contribution in [0.3, 0.4) is 0 Å². The number of hydrogen-bond acceptors (Lipinski definition) is 3. The SMILES string of the molecule is CC(=O)c1cc(C(=O)NCC2CNC2)n(C)c1.Cl. The molecule has 0 unspecified atom stereocenters. The molecular formula is C12H18ClN3O2. The number of nitrogens with one attached hydrogen (secondary N) is 2. The van der Waals surface area contributed by atoms with E-state index in [0.717, 1.165) is 13.1 Å². The molecule has 1 saturated heterocycles. The zero-order valence-corrected chi connectivity index (χ0v) is 11.3. The first-order valence-electron chi connectivity index (χ1n) is 5.74. The number of Topliss-reactive ketones (excluding diaryl/α,β-unsaturated/α-hetero) is 1. The average Bonchev–Trinajstić information content (AvgIpc) is 2.58. The zero-order chi connectivity index (χ0) is 12.4. The monoisotopic (exact) mass is 271 g/mol. The number of aryl methyl sites for hydroxylation is 1. The van der Waals surface area contributed by atoms with Crippen LogP contribution in [0.2, 0.25) is 0 Å². The number of aromatic nitrogens is 1. The van der Waals surface area contributed by atoms with Crippen LogP contribution >= 0.6 is 12.4 Å². The predicted octanol–water partition coefficient (Wildman–Crippen LogP) is 0.599. The number of nitrogens with zero attached hydrogens (tertiary/aromatic N) is 1. The number of ketones is 1. The van der Waals surface area contributed by atoms with Crippen LogP contribution in [0.1, 0.15) is 27.8 Å². The molecule has 1 amide bonds. The molecule has 0 spiro atoms. The first kappa shape index (κ1) is 14.7. The first-order valence-corrected chi connectivity index (χ1v) is 5.74. The number of amides is 1. The lowest BCUT2D eigenvalue weighted by Crippen LogP contribution is -2.48. The van der Waals surface area contributed by atoms with E-state index in [9.17, 15) is 9.59 Å². The van der Waals surface area contributed by atoms with Gasteiger partial charge < -0.3 is 15.2 Å². The third kappa shape index (κ3) is 3.11. The third-order valence-corrected chi connectivity index (χ3v) is 3.06. The number of hydrogen-bond donors (Lipinski definition) is 2. The second kappa shape index (κ2) is 6.02. The smallest absolute Gasteiger partial charge is 0.267 e. The average molecular weight is 272 g/mol. The molecule has 5 nitrogen and oxygen atoms in total. The van der Waals surface area contributed by atoms with E-state index in [4.69, 9.17) is 0 Å². The maximum atomic E-state index is 11.9. The molecule has 1 aliphatic heterocycles. The van der Waals surface area contributed by atoms with Crippen molar-refractivity contribution < 1.29 is 9.59 Å². The molecule has 1 aromatic rings. The summed E-state index contributed by atoms with van der Waals surface area (Å²) >= 11 is 0. The van der Waals surface area contributed by atoms with Crippen molar-refractivity contribution in [1.29, 1.82) is 0 Å². The van der Waals surface area contributed by atoms with Gasteiger partial charge in [-0.15, -0.1) is 12.4 Å². The zero-order valence-electron chi connectivity index (χ0n) is 10.5. The maximum absolute atomic E-state index is 11.9. The van der Waals surface area contributed by atoms with E-state index < -0.39 is 0 Å². The third-order valence-electron chi connectivity index (χ3n) is 3.06. The number of halogens is 1. The summed E-state index contributed by atoms with van der Waals surface area (Å²) in [6.07, 6.45) is 1.68. The summed E-state index contributed by atoms with van der Waals surface area (Å²) in [4.78, 5) is 23.1. The van der Waals surface area contributed by atoms with Crippen LogP contribution in [-0.4, -0.2) is 35.9 Å². The minimum absolute atomic E-state index is 0. The van der Waals surface area contributed by atoms with Gasteiger partial charge in [-0.05, 0) is 13.0 Å². The van der Waals surface area contributed by atoms with Crippen molar-refractivity contribution in [3.05, 3.63) is 23.5 Å². The second-order valence-corrected chi connectivity index (χ2v) is 4.52. The second-order valence-electron chi connectivity index (χ2n) is 4.52. The van der Waals surface area contributed by atoms with Gasteiger partial charge in [-0.2, -0.15) is 0 Å². The van der Waals surface area contributed by atoms with Gasteiger partial charge in [-0.25, -0.2) is 0 Å². The van der Waals surface area contributed by atoms with E-state index in [1.54, 1.807) is 23.9 Å². The topological polar surface area (TPSA) is 63.1 Å². The van der Waals surface area contributed by atoms with E-state index in [2.05, 4.69) is 10.6 Å². The summed E-state index contributed by atoms with van der Waals surface area (Å²) in [5.74, 6) is 0.390. The summed E-state index contributed by atoms with van der Waals surface area (Å²) in [5, 5.41) is 6.04. The quantitative estimate of drug-likeness (QED) is 0.789. The Morgan fingerprint density at radius 2 is 2.17 bits per heavy atom. The summed E-state index contributed by atoms with van der Waals surface area (Å²) in [6.45, 7) is 4.11. The summed E-state index contributed by atoms with van der Waals surface area (Å²) < 4.78 is 1.69. The van der Waals surface area contributed by atoms with Crippen molar-refractivity contribution in [2.75, 3.05) is 19.6 Å². The lowest BCUT2D eigenvalue weighted by molar-refractivity contribution is 0.0934. The molecule has 0 atom stereocenters. The van der Waals surface area contributed by atoms with Crippen molar-refractivity contribution in [2.24, 2.45) is 13.0 Å². The lowest BCUT2D eigenvalue weighted by atomic mass is 10.0. The molecule has 100 valence electrons. The Kier molecular flexibility index (Phi) is 4.93. The van der Waals surface area contributed by atoms with Gasteiger partial charge in [0.25, 0.3) is 5.91 Å². The van der Waals surface area contributed by atoms with E-state index >= 15 is 0 Å². The summed E-state index contributed by atoms with van der Waals surface area (Å²) in [6, 6.07) is 1.64. The van der Waals surface area contributed by atoms with Gasteiger partial charge in [-0.3, -0.25) is 9.59 Å². The van der Waals surface area contributed by atoms with Gasteiger partial charge in [0.2, 0.25) is 0 Å². The Balaban J connectivity index is 0.00000162. The highest BCUT2D eigenvalue weighted by Gasteiger charge is 2.19. The molecule has 0 aromatic carbocycles. The lowest BCUT2D eigenvalue weighted by Gasteiger charge is -2.27. The van der Waals surface area contributed by atoms with Crippen LogP contribution in [0, 0.1) is 5.92 Å². The molecule has 2 N–H and O–H groups in total. The molecule has 0 saturated carbocycles. The van der Waals surface area contributed by atoms with Gasteiger partial charge in [0.05, 0.1) is 0 Å². The van der Waals surface area contributed by atoms with Crippen LogP contribution in [0.5, 0.6) is 0 Å². The van der Waals surface area contributed by atoms with Crippen molar-refractivity contribution in [3.63, 3.8) is 0 Å². The standard InChI is InChI=1S/C12H17N3O2.ClH/c1-8(16)10-3-11(15(2)7-10)12(17)14-6-9-4-13-5-9;/h3,7,9,13H,4-6H2,1-2H3,(H,14,17);1H. The minimum Gasteiger partial charge on any atom is -0.350 e. The molecule has 0 radical (unpaired) electrons. The largest absolute Gasteiger partial charge is 0.350 e. The predicted molar refractivity (Wildman–Crippen MR) is 71.4 cm³/mol. The van der Waals surface area contributed by atoms with Crippen molar-refractivity contribution in [3.8, 4) is 0 Å². The molecule has 2 rings (SSSR count). The van der Waals surface area contributed by atoms with Crippen molar-refractivity contribution in [1.82, 2.24) is 15.2 Å². The first-order chi connectivity index (χ1) is 8.08. The summed E-state index contributed by atoms with van der Waals surface area (Å²) in [5.41, 5.74) is 1.10. The van der Waals surface area contributed by atoms with Gasteiger partial charge in [0.15, 0.2) is 5.78 Å². The van der Waals surface area contributed by atoms with Gasteiger partial charge in [0, 0.05) is 44.4 Å². The summed E-state index contributed by atoms with van der Waals surface area (Å²) in [7, 11) is 1.77. The van der Waals surface area contributed by atoms with Crippen LogP contribution < -0.4 is 10.6 Å². The van der Waals surface area contributed by atoms with Gasteiger partial charge in [0.1, 0.15) is 5.69 Å². The molecule has 0 bridgehead atoms. The molecule has 1 fully saturated rings. The fraction of sp³-hybridized carbons (Fsp3) is 0.500. The van der Waals surface area contributed by atoms with Gasteiger partial charge in [-0.1, -0.05) is 0 Å². The minimum atomic E-state index is -0.119. The van der Waals surface area contributed by atoms with Crippen LogP contribution in [0.4, 0.5) is 0 Å². The fourth-order valence-corrected chi connectivity index (χ4v) is 1.80. The van der Waals surface area contributed by atoms with E-state index in [1.165, 1.54) is 6.92 Å². The molecule has 0 aliphatic carbocycles. The number of carbonyl (C=O) groups excluding carboxylic acids is 2. The van der Waals surface area contributed by atoms with Crippen LogP contribution in [0.15, 0.2) is 12.3 Å². The van der Waals surface area contributed by atoms with Gasteiger partial charge >= 0.3 is 0 Å². The van der Waals surface area contributed by atoms with E-state index in [1.807, 2.05) is 0 Å². The molecule has 1 aliphatic rings. The molecular weight excluding hydrogens is 254 g/mol. The normalized spacial score (nSPS) is 14.6.